The van der Waals surface area contributed by atoms with E-state index in [0.29, 0.717) is 33.6 Å². The molecule has 0 atom stereocenters. The van der Waals surface area contributed by atoms with Crippen molar-refractivity contribution in [3.63, 3.8) is 0 Å². The summed E-state index contributed by atoms with van der Waals surface area (Å²) in [6.07, 6.45) is -1.31. The fourth-order valence-electron chi connectivity index (χ4n) is 4.11. The van der Waals surface area contributed by atoms with Crippen LogP contribution in [0.1, 0.15) is 16.7 Å². The number of rotatable bonds is 4. The van der Waals surface area contributed by atoms with Crippen molar-refractivity contribution >= 4 is 17.6 Å². The van der Waals surface area contributed by atoms with E-state index in [4.69, 9.17) is 11.0 Å². The lowest BCUT2D eigenvalue weighted by molar-refractivity contribution is -0.137. The number of fused-ring (bicyclic) bond motifs is 1. The molecule has 0 saturated heterocycles. The molecule has 3 heterocycles. The summed E-state index contributed by atoms with van der Waals surface area (Å²) in [7, 11) is 0. The van der Waals surface area contributed by atoms with E-state index >= 15 is 0 Å². The number of hydrogen-bond donors (Lipinski definition) is 2. The van der Waals surface area contributed by atoms with Crippen LogP contribution in [0.5, 0.6) is 0 Å². The van der Waals surface area contributed by atoms with Gasteiger partial charge in [0.25, 0.3) is 5.95 Å². The Balaban J connectivity index is 1.77. The molecule has 5 aromatic rings. The number of carbonyl (C=O) groups is 1. The molecule has 37 heavy (non-hydrogen) atoms. The van der Waals surface area contributed by atoms with Crippen LogP contribution in [0.2, 0.25) is 0 Å². The highest BCUT2D eigenvalue weighted by Gasteiger charge is 2.31. The predicted octanol–water partition coefficient (Wildman–Crippen LogP) is 4.94. The molecule has 3 aromatic heterocycles. The average Bonchev–Trinajstić information content (AvgIpc) is 3.49. The monoisotopic (exact) mass is 502 g/mol. The summed E-state index contributed by atoms with van der Waals surface area (Å²) in [4.78, 5) is 15.7. The van der Waals surface area contributed by atoms with Gasteiger partial charge in [-0.05, 0) is 60.5 Å². The maximum absolute atomic E-state index is 13.5. The van der Waals surface area contributed by atoms with Crippen molar-refractivity contribution in [1.29, 1.82) is 5.26 Å². The molecular weight excluding hydrogens is 485 g/mol. The summed E-state index contributed by atoms with van der Waals surface area (Å²) < 4.78 is 43.6. The lowest BCUT2D eigenvalue weighted by Gasteiger charge is -2.16. The number of nitrogens with two attached hydrogens (primary N) is 1. The topological polar surface area (TPSA) is 127 Å². The number of pyridine rings is 1. The molecule has 0 unspecified atom stereocenters. The van der Waals surface area contributed by atoms with E-state index < -0.39 is 17.8 Å². The maximum Gasteiger partial charge on any atom is 0.416 e. The van der Waals surface area contributed by atoms with Gasteiger partial charge in [-0.2, -0.15) is 28.5 Å². The van der Waals surface area contributed by atoms with Crippen molar-refractivity contribution in [2.24, 2.45) is 5.73 Å². The lowest BCUT2D eigenvalue weighted by atomic mass is 9.95. The largest absolute Gasteiger partial charge is 0.416 e. The molecule has 0 fully saturated rings. The number of nitriles is 1. The Kier molecular flexibility index (Phi) is 5.60. The first-order chi connectivity index (χ1) is 17.7. The Morgan fingerprint density at radius 1 is 1.14 bits per heavy atom. The molecule has 0 spiro atoms. The van der Waals surface area contributed by atoms with E-state index in [1.54, 1.807) is 60.4 Å². The second kappa shape index (κ2) is 8.80. The third kappa shape index (κ3) is 4.34. The molecule has 12 heteroatoms. The van der Waals surface area contributed by atoms with Gasteiger partial charge in [-0.25, -0.2) is 14.0 Å². The molecule has 2 amide bonds. The molecule has 0 radical (unpaired) electrons. The van der Waals surface area contributed by atoms with Crippen LogP contribution >= 0.6 is 0 Å². The first-order valence-electron chi connectivity index (χ1n) is 10.8. The van der Waals surface area contributed by atoms with Gasteiger partial charge < -0.3 is 5.73 Å². The molecule has 0 saturated carbocycles. The predicted molar refractivity (Wildman–Crippen MR) is 129 cm³/mol. The van der Waals surface area contributed by atoms with Crippen LogP contribution in [-0.4, -0.2) is 30.4 Å². The Morgan fingerprint density at radius 3 is 2.57 bits per heavy atom. The van der Waals surface area contributed by atoms with Gasteiger partial charge in [0.15, 0.2) is 5.65 Å². The van der Waals surface area contributed by atoms with Crippen LogP contribution in [0, 0.1) is 18.3 Å². The molecule has 2 aromatic carbocycles. The van der Waals surface area contributed by atoms with Crippen molar-refractivity contribution in [3.05, 3.63) is 83.7 Å². The maximum atomic E-state index is 13.5. The van der Waals surface area contributed by atoms with Gasteiger partial charge in [0, 0.05) is 17.3 Å². The fourth-order valence-corrected chi connectivity index (χ4v) is 4.11. The lowest BCUT2D eigenvalue weighted by Crippen LogP contribution is -2.20. The average molecular weight is 502 g/mol. The van der Waals surface area contributed by atoms with E-state index in [0.717, 1.165) is 12.1 Å². The number of aromatic nitrogens is 5. The van der Waals surface area contributed by atoms with Gasteiger partial charge in [0.2, 0.25) is 0 Å². The molecule has 0 bridgehead atoms. The summed E-state index contributed by atoms with van der Waals surface area (Å²) in [5, 5.41) is 20.1. The minimum Gasteiger partial charge on any atom is -0.351 e. The van der Waals surface area contributed by atoms with E-state index in [-0.39, 0.29) is 17.2 Å². The third-order valence-electron chi connectivity index (χ3n) is 5.76. The van der Waals surface area contributed by atoms with Crippen LogP contribution in [0.15, 0.2) is 67.0 Å². The Morgan fingerprint density at radius 2 is 1.89 bits per heavy atom. The number of benzene rings is 2. The summed E-state index contributed by atoms with van der Waals surface area (Å²) >= 11 is 0. The number of nitrogens with one attached hydrogen (secondary N) is 1. The van der Waals surface area contributed by atoms with E-state index in [1.807, 2.05) is 0 Å². The quantitative estimate of drug-likeness (QED) is 0.360. The molecule has 5 rings (SSSR count). The third-order valence-corrected chi connectivity index (χ3v) is 5.76. The number of halogens is 3. The van der Waals surface area contributed by atoms with Gasteiger partial charge >= 0.3 is 12.2 Å². The van der Waals surface area contributed by atoms with Crippen LogP contribution in [0.3, 0.4) is 0 Å². The first-order valence-corrected chi connectivity index (χ1v) is 10.8. The van der Waals surface area contributed by atoms with Crippen molar-refractivity contribution < 1.29 is 18.0 Å². The zero-order valence-corrected chi connectivity index (χ0v) is 19.2. The normalized spacial score (nSPS) is 11.4. The number of nitrogens with zero attached hydrogens (tertiary/aromatic N) is 6. The molecule has 184 valence electrons. The first kappa shape index (κ1) is 23.6. The van der Waals surface area contributed by atoms with Crippen LogP contribution < -0.4 is 11.1 Å². The zero-order chi connectivity index (χ0) is 26.3. The molecule has 0 aliphatic carbocycles. The van der Waals surface area contributed by atoms with E-state index in [2.05, 4.69) is 26.6 Å². The Labute approximate surface area is 207 Å². The van der Waals surface area contributed by atoms with E-state index in [1.165, 1.54) is 10.6 Å². The van der Waals surface area contributed by atoms with Crippen LogP contribution in [0.25, 0.3) is 33.7 Å². The van der Waals surface area contributed by atoms with Gasteiger partial charge in [-0.15, -0.1) is 5.10 Å². The zero-order valence-electron chi connectivity index (χ0n) is 19.2. The van der Waals surface area contributed by atoms with Crippen molar-refractivity contribution in [2.75, 3.05) is 5.32 Å². The highest BCUT2D eigenvalue weighted by molar-refractivity contribution is 5.89. The summed E-state index contributed by atoms with van der Waals surface area (Å²) in [6.45, 7) is 1.76. The number of carbonyl (C=O) groups excluding carboxylic acids is 1. The fraction of sp³-hybridized carbons (Fsp3) is 0.0800. The molecule has 3 N–H and O–H groups in total. The van der Waals surface area contributed by atoms with Crippen molar-refractivity contribution in [2.45, 2.75) is 13.1 Å². The second-order valence-electron chi connectivity index (χ2n) is 8.10. The van der Waals surface area contributed by atoms with E-state index in [9.17, 15) is 18.0 Å². The Hall–Kier alpha value is -5.18. The van der Waals surface area contributed by atoms with Gasteiger partial charge in [0.05, 0.1) is 34.8 Å². The molecule has 9 nitrogen and oxygen atoms in total. The molecule has 0 aliphatic rings. The van der Waals surface area contributed by atoms with Crippen molar-refractivity contribution in [1.82, 2.24) is 24.4 Å². The minimum absolute atomic E-state index is 0.0992. The SMILES string of the molecule is Cc1c(-c2ccnn2-c2ccc(C#N)cc2)cn2nc(NC(N)=O)nc2c1-c1cccc(C(F)(F)F)c1. The molecule has 0 aliphatic heterocycles. The van der Waals surface area contributed by atoms with Gasteiger partial charge in [-0.1, -0.05) is 12.1 Å². The highest BCUT2D eigenvalue weighted by atomic mass is 19.4. The van der Waals surface area contributed by atoms with Crippen molar-refractivity contribution in [3.8, 4) is 34.1 Å². The van der Waals surface area contributed by atoms with Crippen LogP contribution in [0.4, 0.5) is 23.9 Å². The molecular formula is C25H17F3N8O. The van der Waals surface area contributed by atoms with Gasteiger partial charge in [0.1, 0.15) is 0 Å². The van der Waals surface area contributed by atoms with Gasteiger partial charge in [-0.3, -0.25) is 5.32 Å². The number of amides is 2. The summed E-state index contributed by atoms with van der Waals surface area (Å²) in [5.74, 6) is -0.0992. The number of primary amides is 1. The summed E-state index contributed by atoms with van der Waals surface area (Å²) in [6, 6.07) is 14.6. The number of alkyl halides is 3. The number of urea groups is 1. The highest BCUT2D eigenvalue weighted by Crippen LogP contribution is 2.38. The van der Waals surface area contributed by atoms with Crippen LogP contribution in [-0.2, 0) is 6.18 Å². The number of hydrogen-bond acceptors (Lipinski definition) is 5. The standard InChI is InChI=1S/C25H17F3N8O/c1-14-19(20-9-10-31-36(20)18-7-5-15(12-29)6-8-18)13-35-22(32-24(34-35)33-23(30)37)21(14)16-3-2-4-17(11-16)25(26,27)28/h2-11,13H,1H3,(H3,30,33,34,37). The smallest absolute Gasteiger partial charge is 0.351 e. The minimum atomic E-state index is -4.54. The number of anilines is 1. The second-order valence-corrected chi connectivity index (χ2v) is 8.10. The summed E-state index contributed by atoms with van der Waals surface area (Å²) in [5.41, 5.74) is 8.28. The Bertz CT molecular complexity index is 1690.